The van der Waals surface area contributed by atoms with E-state index in [0.717, 1.165) is 12.1 Å². The molecule has 1 aliphatic rings. The fraction of sp³-hybridized carbons (Fsp3) is 0.462. The van der Waals surface area contributed by atoms with Crippen LogP contribution < -0.4 is 21.1 Å². The second-order valence-electron chi connectivity index (χ2n) is 5.18. The number of primary sulfonamides is 1. The lowest BCUT2D eigenvalue weighted by molar-refractivity contribution is -0.123. The van der Waals surface area contributed by atoms with Crippen molar-refractivity contribution in [2.45, 2.75) is 30.4 Å². The third-order valence-electron chi connectivity index (χ3n) is 3.38. The van der Waals surface area contributed by atoms with Crippen molar-refractivity contribution in [2.24, 2.45) is 5.14 Å². The fourth-order valence-corrected chi connectivity index (χ4v) is 2.59. The molecule has 2 unspecified atom stereocenters. The summed E-state index contributed by atoms with van der Waals surface area (Å²) >= 11 is 0. The van der Waals surface area contributed by atoms with Crippen LogP contribution in [-0.4, -0.2) is 39.5 Å². The van der Waals surface area contributed by atoms with Crippen LogP contribution in [0.2, 0.25) is 0 Å². The number of amides is 1. The van der Waals surface area contributed by atoms with Crippen molar-refractivity contribution in [1.29, 1.82) is 0 Å². The zero-order valence-electron chi connectivity index (χ0n) is 11.8. The molecule has 0 bridgehead atoms. The lowest BCUT2D eigenvalue weighted by atomic mass is 10.1. The Morgan fingerprint density at radius 2 is 1.95 bits per heavy atom. The molecule has 5 N–H and O–H groups in total. The molecule has 1 heterocycles. The maximum Gasteiger partial charge on any atom is 0.238 e. The van der Waals surface area contributed by atoms with Crippen LogP contribution in [0.4, 0.5) is 0 Å². The number of hydrogen-bond donors (Lipinski definition) is 4. The summed E-state index contributed by atoms with van der Waals surface area (Å²) in [7, 11) is -3.68. The Labute approximate surface area is 124 Å². The van der Waals surface area contributed by atoms with E-state index in [0.29, 0.717) is 19.1 Å². The second kappa shape index (κ2) is 6.52. The van der Waals surface area contributed by atoms with Gasteiger partial charge in [-0.2, -0.15) is 0 Å². The van der Waals surface area contributed by atoms with Crippen molar-refractivity contribution >= 4 is 15.9 Å². The number of nitrogens with two attached hydrogens (primary N) is 1. The number of rotatable bonds is 4. The van der Waals surface area contributed by atoms with Gasteiger partial charge >= 0.3 is 0 Å². The highest BCUT2D eigenvalue weighted by atomic mass is 32.2. The van der Waals surface area contributed by atoms with Gasteiger partial charge in [0.25, 0.3) is 0 Å². The molecule has 1 aliphatic heterocycles. The summed E-state index contributed by atoms with van der Waals surface area (Å²) in [6, 6.07) is 6.24. The number of sulfonamides is 1. The number of carbonyl (C=O) groups excluding carboxylic acids is 1. The minimum absolute atomic E-state index is 0.0599. The van der Waals surface area contributed by atoms with Gasteiger partial charge in [-0.1, -0.05) is 12.1 Å². The number of benzene rings is 1. The molecule has 0 saturated carbocycles. The summed E-state index contributed by atoms with van der Waals surface area (Å²) in [4.78, 5) is 12.0. The molecule has 1 fully saturated rings. The van der Waals surface area contributed by atoms with Crippen LogP contribution in [0.15, 0.2) is 29.2 Å². The van der Waals surface area contributed by atoms with Gasteiger partial charge < -0.3 is 16.0 Å². The third kappa shape index (κ3) is 4.50. The van der Waals surface area contributed by atoms with E-state index in [4.69, 9.17) is 5.14 Å². The van der Waals surface area contributed by atoms with E-state index in [1.807, 2.05) is 6.92 Å². The van der Waals surface area contributed by atoms with Crippen LogP contribution in [0, 0.1) is 0 Å². The standard InChI is InChI=1S/C13H20N4O3S/c1-9-6-16-12(8-15-9)13(18)17-7-10-2-4-11(5-3-10)21(14,19)20/h2-5,9,12,15-16H,6-8H2,1H3,(H,17,18)(H2,14,19,20). The van der Waals surface area contributed by atoms with E-state index in [1.54, 1.807) is 12.1 Å². The van der Waals surface area contributed by atoms with E-state index in [-0.39, 0.29) is 16.8 Å². The van der Waals surface area contributed by atoms with Gasteiger partial charge in [0.2, 0.25) is 15.9 Å². The summed E-state index contributed by atoms with van der Waals surface area (Å²) in [5.74, 6) is -0.0788. The highest BCUT2D eigenvalue weighted by molar-refractivity contribution is 7.89. The quantitative estimate of drug-likeness (QED) is 0.564. The molecule has 1 aromatic rings. The number of nitrogens with one attached hydrogen (secondary N) is 3. The zero-order chi connectivity index (χ0) is 15.5. The molecule has 0 aliphatic carbocycles. The zero-order valence-corrected chi connectivity index (χ0v) is 12.6. The largest absolute Gasteiger partial charge is 0.351 e. The lowest BCUT2D eigenvalue weighted by Gasteiger charge is -2.28. The van der Waals surface area contributed by atoms with Gasteiger partial charge in [-0.3, -0.25) is 4.79 Å². The summed E-state index contributed by atoms with van der Waals surface area (Å²) in [6.45, 7) is 3.74. The van der Waals surface area contributed by atoms with Crippen LogP contribution >= 0.6 is 0 Å². The van der Waals surface area contributed by atoms with Gasteiger partial charge in [0, 0.05) is 25.7 Å². The Bertz CT molecular complexity index is 592. The third-order valence-corrected chi connectivity index (χ3v) is 4.31. The van der Waals surface area contributed by atoms with Gasteiger partial charge in [0.1, 0.15) is 0 Å². The van der Waals surface area contributed by atoms with Gasteiger partial charge in [0.05, 0.1) is 10.9 Å². The first-order chi connectivity index (χ1) is 9.86. The molecule has 1 saturated heterocycles. The van der Waals surface area contributed by atoms with E-state index >= 15 is 0 Å². The smallest absolute Gasteiger partial charge is 0.238 e. The molecular formula is C13H20N4O3S. The molecule has 1 amide bonds. The average molecular weight is 312 g/mol. The predicted molar refractivity (Wildman–Crippen MR) is 78.9 cm³/mol. The van der Waals surface area contributed by atoms with Gasteiger partial charge in [-0.15, -0.1) is 0 Å². The minimum Gasteiger partial charge on any atom is -0.351 e. The Morgan fingerprint density at radius 3 is 2.48 bits per heavy atom. The molecule has 2 rings (SSSR count). The Morgan fingerprint density at radius 1 is 1.29 bits per heavy atom. The molecule has 0 spiro atoms. The van der Waals surface area contributed by atoms with Crippen LogP contribution in [0.3, 0.4) is 0 Å². The Kier molecular flexibility index (Phi) is 4.94. The van der Waals surface area contributed by atoms with Gasteiger partial charge in [-0.05, 0) is 24.6 Å². The van der Waals surface area contributed by atoms with Crippen molar-refractivity contribution in [1.82, 2.24) is 16.0 Å². The summed E-state index contributed by atoms with van der Waals surface area (Å²) in [6.07, 6.45) is 0. The molecule has 116 valence electrons. The predicted octanol–water partition coefficient (Wildman–Crippen LogP) is -1.10. The molecule has 2 atom stereocenters. The lowest BCUT2D eigenvalue weighted by Crippen LogP contribution is -2.58. The van der Waals surface area contributed by atoms with Crippen molar-refractivity contribution in [3.05, 3.63) is 29.8 Å². The van der Waals surface area contributed by atoms with Crippen molar-refractivity contribution in [2.75, 3.05) is 13.1 Å². The topological polar surface area (TPSA) is 113 Å². The van der Waals surface area contributed by atoms with E-state index in [1.165, 1.54) is 12.1 Å². The maximum atomic E-state index is 12.0. The summed E-state index contributed by atoms with van der Waals surface area (Å²) < 4.78 is 22.3. The van der Waals surface area contributed by atoms with Crippen LogP contribution in [-0.2, 0) is 21.4 Å². The van der Waals surface area contributed by atoms with Crippen molar-refractivity contribution in [3.63, 3.8) is 0 Å². The Hall–Kier alpha value is -1.48. The summed E-state index contributed by atoms with van der Waals surface area (Å²) in [5, 5.41) is 14.2. The van der Waals surface area contributed by atoms with E-state index < -0.39 is 10.0 Å². The molecular weight excluding hydrogens is 292 g/mol. The van der Waals surface area contributed by atoms with Crippen molar-refractivity contribution < 1.29 is 13.2 Å². The van der Waals surface area contributed by atoms with Crippen LogP contribution in [0.5, 0.6) is 0 Å². The van der Waals surface area contributed by atoms with Gasteiger partial charge in [0.15, 0.2) is 0 Å². The summed E-state index contributed by atoms with van der Waals surface area (Å²) in [5.41, 5.74) is 0.813. The van der Waals surface area contributed by atoms with E-state index in [9.17, 15) is 13.2 Å². The molecule has 0 radical (unpaired) electrons. The second-order valence-corrected chi connectivity index (χ2v) is 6.74. The molecule has 0 aromatic heterocycles. The first-order valence-electron chi connectivity index (χ1n) is 6.72. The van der Waals surface area contributed by atoms with E-state index in [2.05, 4.69) is 16.0 Å². The number of piperazine rings is 1. The van der Waals surface area contributed by atoms with Crippen molar-refractivity contribution in [3.8, 4) is 0 Å². The monoisotopic (exact) mass is 312 g/mol. The van der Waals surface area contributed by atoms with Crippen LogP contribution in [0.1, 0.15) is 12.5 Å². The average Bonchev–Trinajstić information content (AvgIpc) is 2.45. The van der Waals surface area contributed by atoms with Crippen LogP contribution in [0.25, 0.3) is 0 Å². The molecule has 21 heavy (non-hydrogen) atoms. The highest BCUT2D eigenvalue weighted by Crippen LogP contribution is 2.08. The van der Waals surface area contributed by atoms with Gasteiger partial charge in [-0.25, -0.2) is 13.6 Å². The number of carbonyl (C=O) groups is 1. The first-order valence-corrected chi connectivity index (χ1v) is 8.27. The Balaban J connectivity index is 1.87. The first kappa shape index (κ1) is 15.9. The highest BCUT2D eigenvalue weighted by Gasteiger charge is 2.22. The number of hydrogen-bond acceptors (Lipinski definition) is 5. The fourth-order valence-electron chi connectivity index (χ4n) is 2.08. The molecule has 8 heteroatoms. The molecule has 7 nitrogen and oxygen atoms in total. The minimum atomic E-state index is -3.68. The SMILES string of the molecule is CC1CNC(C(=O)NCc2ccc(S(N)(=O)=O)cc2)CN1. The molecule has 1 aromatic carbocycles. The maximum absolute atomic E-state index is 12.0. The normalized spacial score (nSPS) is 22.8.